The van der Waals surface area contributed by atoms with Crippen LogP contribution in [-0.4, -0.2) is 34.3 Å². The van der Waals surface area contributed by atoms with Crippen LogP contribution in [0.15, 0.2) is 53.1 Å². The van der Waals surface area contributed by atoms with Gasteiger partial charge in [-0.05, 0) is 31.5 Å². The number of rotatable bonds is 7. The maximum atomic E-state index is 12.5. The number of benzene rings is 1. The molecule has 0 aliphatic rings. The number of nitrogens with one attached hydrogen (secondary N) is 2. The molecule has 0 bridgehead atoms. The van der Waals surface area contributed by atoms with Crippen molar-refractivity contribution < 1.29 is 23.5 Å². The third kappa shape index (κ3) is 5.34. The molecule has 2 heterocycles. The lowest BCUT2D eigenvalue weighted by molar-refractivity contribution is -0.123. The van der Waals surface area contributed by atoms with Crippen molar-refractivity contribution in [1.29, 1.82) is 0 Å². The van der Waals surface area contributed by atoms with Gasteiger partial charge in [-0.2, -0.15) is 5.10 Å². The van der Waals surface area contributed by atoms with Crippen LogP contribution < -0.4 is 10.6 Å². The average molecular weight is 410 g/mol. The Hall–Kier alpha value is -3.88. The lowest BCUT2D eigenvalue weighted by atomic mass is 10.2. The first-order valence-corrected chi connectivity index (χ1v) is 9.29. The van der Waals surface area contributed by atoms with E-state index in [-0.39, 0.29) is 6.54 Å². The highest BCUT2D eigenvalue weighted by atomic mass is 16.5. The molecular formula is C21H22N4O5. The summed E-state index contributed by atoms with van der Waals surface area (Å²) in [6.45, 7) is 3.52. The first-order chi connectivity index (χ1) is 14.4. The summed E-state index contributed by atoms with van der Waals surface area (Å²) in [5.74, 6) is -0.870. The molecule has 3 rings (SSSR count). The van der Waals surface area contributed by atoms with Crippen molar-refractivity contribution in [2.24, 2.45) is 0 Å². The van der Waals surface area contributed by atoms with Gasteiger partial charge in [0, 0.05) is 0 Å². The monoisotopic (exact) mass is 410 g/mol. The van der Waals surface area contributed by atoms with Crippen molar-refractivity contribution in [1.82, 2.24) is 20.4 Å². The van der Waals surface area contributed by atoms with Crippen molar-refractivity contribution in [2.45, 2.75) is 26.9 Å². The van der Waals surface area contributed by atoms with Crippen LogP contribution >= 0.6 is 0 Å². The average Bonchev–Trinajstić information content (AvgIpc) is 3.33. The molecule has 0 aliphatic heterocycles. The molecule has 0 aliphatic carbocycles. The summed E-state index contributed by atoms with van der Waals surface area (Å²) in [5.41, 5.74) is 2.49. The zero-order chi connectivity index (χ0) is 21.5. The summed E-state index contributed by atoms with van der Waals surface area (Å²) in [4.78, 5) is 36.0. The number of carbonyl (C=O) groups is 3. The van der Waals surface area contributed by atoms with Crippen LogP contribution in [0.25, 0.3) is 0 Å². The number of aromatic nitrogens is 2. The van der Waals surface area contributed by atoms with E-state index in [1.807, 2.05) is 30.3 Å². The van der Waals surface area contributed by atoms with E-state index in [1.54, 1.807) is 30.7 Å². The van der Waals surface area contributed by atoms with Gasteiger partial charge in [-0.3, -0.25) is 14.8 Å². The fraction of sp³-hybridized carbons (Fsp3) is 0.238. The lowest BCUT2D eigenvalue weighted by Gasteiger charge is -2.08. The predicted molar refractivity (Wildman–Crippen MR) is 107 cm³/mol. The van der Waals surface area contributed by atoms with Crippen molar-refractivity contribution in [2.75, 3.05) is 6.61 Å². The Morgan fingerprint density at radius 2 is 1.87 bits per heavy atom. The van der Waals surface area contributed by atoms with Gasteiger partial charge in [0.2, 0.25) is 0 Å². The summed E-state index contributed by atoms with van der Waals surface area (Å²) >= 11 is 0. The van der Waals surface area contributed by atoms with Crippen LogP contribution in [0.4, 0.5) is 4.79 Å². The normalized spacial score (nSPS) is 10.5. The summed E-state index contributed by atoms with van der Waals surface area (Å²) < 4.78 is 11.8. The number of aryl methyl sites for hydroxylation is 1. The molecule has 0 spiro atoms. The third-order valence-electron chi connectivity index (χ3n) is 4.35. The number of amides is 3. The fourth-order valence-corrected chi connectivity index (χ4v) is 2.89. The summed E-state index contributed by atoms with van der Waals surface area (Å²) in [7, 11) is 0. The highest BCUT2D eigenvalue weighted by Crippen LogP contribution is 2.16. The number of urea groups is 1. The molecular weight excluding hydrogens is 388 g/mol. The number of esters is 1. The van der Waals surface area contributed by atoms with Crippen LogP contribution in [0.1, 0.15) is 33.1 Å². The molecule has 0 atom stereocenters. The number of furan rings is 1. The number of nitrogens with zero attached hydrogens (tertiary/aromatic N) is 2. The summed E-state index contributed by atoms with van der Waals surface area (Å²) in [5, 5.41) is 8.94. The van der Waals surface area contributed by atoms with Gasteiger partial charge in [0.1, 0.15) is 11.3 Å². The standard InChI is InChI=1S/C21H22N4O5/c1-14-19(15(2)25(24-14)12-16-7-4-3-5-8-16)20(27)30-13-18(26)23-21(28)22-11-17-9-6-10-29-17/h3-10H,11-13H2,1-2H3,(H2,22,23,26,28). The van der Waals surface area contributed by atoms with Crippen LogP contribution in [0.3, 0.4) is 0 Å². The van der Waals surface area contributed by atoms with Crippen LogP contribution in [0.5, 0.6) is 0 Å². The topological polar surface area (TPSA) is 115 Å². The Morgan fingerprint density at radius 3 is 2.57 bits per heavy atom. The molecule has 3 amide bonds. The highest BCUT2D eigenvalue weighted by Gasteiger charge is 2.21. The zero-order valence-electron chi connectivity index (χ0n) is 16.7. The smallest absolute Gasteiger partial charge is 0.342 e. The number of ether oxygens (including phenoxy) is 1. The maximum Gasteiger partial charge on any atom is 0.342 e. The minimum Gasteiger partial charge on any atom is -0.467 e. The number of carbonyl (C=O) groups excluding carboxylic acids is 3. The first kappa shape index (κ1) is 20.8. The molecule has 156 valence electrons. The number of imide groups is 1. The van der Waals surface area contributed by atoms with Crippen LogP contribution in [-0.2, 0) is 22.6 Å². The van der Waals surface area contributed by atoms with Crippen molar-refractivity contribution in [3.05, 3.63) is 77.0 Å². The largest absolute Gasteiger partial charge is 0.467 e. The summed E-state index contributed by atoms with van der Waals surface area (Å²) in [6.07, 6.45) is 1.48. The second-order valence-electron chi connectivity index (χ2n) is 6.58. The highest BCUT2D eigenvalue weighted by molar-refractivity contribution is 5.97. The number of hydrogen-bond donors (Lipinski definition) is 2. The van der Waals surface area contributed by atoms with Crippen LogP contribution in [0.2, 0.25) is 0 Å². The minimum atomic E-state index is -0.743. The van der Waals surface area contributed by atoms with Crippen molar-refractivity contribution in [3.63, 3.8) is 0 Å². The second-order valence-corrected chi connectivity index (χ2v) is 6.58. The van der Waals surface area contributed by atoms with E-state index in [0.717, 1.165) is 5.56 Å². The Kier molecular flexibility index (Phi) is 6.63. The SMILES string of the molecule is Cc1nn(Cc2ccccc2)c(C)c1C(=O)OCC(=O)NC(=O)NCc1ccco1. The molecule has 0 saturated heterocycles. The van der Waals surface area contributed by atoms with Gasteiger partial charge >= 0.3 is 12.0 Å². The predicted octanol–water partition coefficient (Wildman–Crippen LogP) is 2.32. The molecule has 0 unspecified atom stereocenters. The molecule has 9 heteroatoms. The van der Waals surface area contributed by atoms with Gasteiger partial charge in [0.25, 0.3) is 5.91 Å². The van der Waals surface area contributed by atoms with Gasteiger partial charge in [0.05, 0.1) is 30.7 Å². The van der Waals surface area contributed by atoms with E-state index in [0.29, 0.717) is 29.3 Å². The van der Waals surface area contributed by atoms with Gasteiger partial charge in [-0.25, -0.2) is 9.59 Å². The van der Waals surface area contributed by atoms with Gasteiger partial charge in [-0.15, -0.1) is 0 Å². The van der Waals surface area contributed by atoms with E-state index in [9.17, 15) is 14.4 Å². The summed E-state index contributed by atoms with van der Waals surface area (Å²) in [6, 6.07) is 12.4. The molecule has 30 heavy (non-hydrogen) atoms. The van der Waals surface area contributed by atoms with Crippen LogP contribution in [0, 0.1) is 13.8 Å². The Bertz CT molecular complexity index is 1030. The van der Waals surface area contributed by atoms with Gasteiger partial charge in [0.15, 0.2) is 6.61 Å². The first-order valence-electron chi connectivity index (χ1n) is 9.29. The minimum absolute atomic E-state index is 0.130. The second kappa shape index (κ2) is 9.55. The molecule has 1 aromatic carbocycles. The Morgan fingerprint density at radius 1 is 1.10 bits per heavy atom. The molecule has 2 N–H and O–H groups in total. The molecule has 0 radical (unpaired) electrons. The molecule has 0 fully saturated rings. The van der Waals surface area contributed by atoms with E-state index >= 15 is 0 Å². The van der Waals surface area contributed by atoms with E-state index in [1.165, 1.54) is 6.26 Å². The van der Waals surface area contributed by atoms with Gasteiger partial charge < -0.3 is 14.5 Å². The van der Waals surface area contributed by atoms with E-state index < -0.39 is 24.5 Å². The van der Waals surface area contributed by atoms with E-state index in [2.05, 4.69) is 15.7 Å². The molecule has 3 aromatic rings. The molecule has 0 saturated carbocycles. The van der Waals surface area contributed by atoms with E-state index in [4.69, 9.17) is 9.15 Å². The maximum absolute atomic E-state index is 12.5. The van der Waals surface area contributed by atoms with Gasteiger partial charge in [-0.1, -0.05) is 30.3 Å². The molecule has 2 aromatic heterocycles. The zero-order valence-corrected chi connectivity index (χ0v) is 16.7. The van der Waals surface area contributed by atoms with Crippen molar-refractivity contribution in [3.8, 4) is 0 Å². The third-order valence-corrected chi connectivity index (χ3v) is 4.35. The Labute approximate surface area is 173 Å². The fourth-order valence-electron chi connectivity index (χ4n) is 2.89. The Balaban J connectivity index is 1.51. The van der Waals surface area contributed by atoms with Crippen molar-refractivity contribution >= 4 is 17.9 Å². The lowest BCUT2D eigenvalue weighted by Crippen LogP contribution is -2.41. The molecule has 9 nitrogen and oxygen atoms in total. The number of hydrogen-bond acceptors (Lipinski definition) is 6. The quantitative estimate of drug-likeness (QED) is 0.578.